The molecule has 114 valence electrons. The van der Waals surface area contributed by atoms with Gasteiger partial charge in [0, 0.05) is 19.6 Å². The fourth-order valence-electron chi connectivity index (χ4n) is 2.07. The molecule has 0 radical (unpaired) electrons. The van der Waals surface area contributed by atoms with Crippen LogP contribution < -0.4 is 5.32 Å². The van der Waals surface area contributed by atoms with Gasteiger partial charge in [-0.25, -0.2) is 0 Å². The van der Waals surface area contributed by atoms with Gasteiger partial charge in [0.2, 0.25) is 5.91 Å². The molecule has 1 aliphatic rings. The van der Waals surface area contributed by atoms with Crippen LogP contribution in [-0.2, 0) is 14.3 Å². The number of rotatable bonds is 8. The largest absolute Gasteiger partial charge is 0.481 e. The molecule has 0 unspecified atom stereocenters. The number of nitrogens with zero attached hydrogens (tertiary/aromatic N) is 1. The van der Waals surface area contributed by atoms with Gasteiger partial charge < -0.3 is 20.1 Å². The molecule has 0 saturated carbocycles. The Hall–Kier alpha value is -1.40. The van der Waals surface area contributed by atoms with Crippen molar-refractivity contribution in [2.75, 3.05) is 39.4 Å². The number of hydrogen-bond acceptors (Lipinski definition) is 4. The van der Waals surface area contributed by atoms with Gasteiger partial charge in [-0.3, -0.25) is 9.59 Å². The van der Waals surface area contributed by atoms with E-state index in [4.69, 9.17) is 9.84 Å². The number of piperidine rings is 1. The Morgan fingerprint density at radius 2 is 2.05 bits per heavy atom. The van der Waals surface area contributed by atoms with Crippen LogP contribution in [0.3, 0.4) is 0 Å². The smallest absolute Gasteiger partial charge is 0.306 e. The lowest BCUT2D eigenvalue weighted by Gasteiger charge is -2.30. The number of amides is 1. The first kappa shape index (κ1) is 16.7. The summed E-state index contributed by atoms with van der Waals surface area (Å²) in [6.07, 6.45) is 1.09. The van der Waals surface area contributed by atoms with Crippen molar-refractivity contribution in [3.05, 3.63) is 12.2 Å². The zero-order valence-corrected chi connectivity index (χ0v) is 12.1. The van der Waals surface area contributed by atoms with E-state index < -0.39 is 5.97 Å². The van der Waals surface area contributed by atoms with Crippen molar-refractivity contribution in [3.63, 3.8) is 0 Å². The zero-order chi connectivity index (χ0) is 15.0. The maximum Gasteiger partial charge on any atom is 0.306 e. The number of hydrogen-bond donors (Lipinski definition) is 2. The average Bonchev–Trinajstić information content (AvgIpc) is 2.42. The van der Waals surface area contributed by atoms with Crippen LogP contribution in [0.15, 0.2) is 12.2 Å². The summed E-state index contributed by atoms with van der Waals surface area (Å²) in [6, 6.07) is 0. The Bertz CT molecular complexity index is 349. The number of carboxylic acid groups (broad SMARTS) is 1. The molecule has 0 aromatic heterocycles. The van der Waals surface area contributed by atoms with Crippen LogP contribution in [0.25, 0.3) is 0 Å². The van der Waals surface area contributed by atoms with Gasteiger partial charge >= 0.3 is 5.97 Å². The number of likely N-dealkylation sites (tertiary alicyclic amines) is 1. The van der Waals surface area contributed by atoms with Crippen LogP contribution in [0.4, 0.5) is 0 Å². The second-order valence-electron chi connectivity index (χ2n) is 5.18. The predicted octanol–water partition coefficient (Wildman–Crippen LogP) is 0.492. The summed E-state index contributed by atoms with van der Waals surface area (Å²) in [4.78, 5) is 24.4. The summed E-state index contributed by atoms with van der Waals surface area (Å²) in [6.45, 7) is 8.67. The third-order valence-electron chi connectivity index (χ3n) is 3.24. The summed E-state index contributed by atoms with van der Waals surface area (Å²) >= 11 is 0. The fourth-order valence-corrected chi connectivity index (χ4v) is 2.07. The Balaban J connectivity index is 2.09. The standard InChI is InChI=1S/C14H24N2O4/c1-11(2)10-20-8-5-15-9-13(17)16-6-3-12(4-7-16)14(18)19/h12,15H,1,3-10H2,2H3,(H,18,19). The second kappa shape index (κ2) is 8.71. The highest BCUT2D eigenvalue weighted by Gasteiger charge is 2.26. The lowest BCUT2D eigenvalue weighted by Crippen LogP contribution is -2.44. The van der Waals surface area contributed by atoms with Crippen LogP contribution in [-0.4, -0.2) is 61.3 Å². The third kappa shape index (κ3) is 6.16. The monoisotopic (exact) mass is 284 g/mol. The average molecular weight is 284 g/mol. The Labute approximate surface area is 119 Å². The molecule has 6 nitrogen and oxygen atoms in total. The van der Waals surface area contributed by atoms with Crippen molar-refractivity contribution in [2.45, 2.75) is 19.8 Å². The SMILES string of the molecule is C=C(C)COCCNCC(=O)N1CCC(C(=O)O)CC1. The van der Waals surface area contributed by atoms with Gasteiger partial charge in [-0.15, -0.1) is 0 Å². The molecule has 20 heavy (non-hydrogen) atoms. The molecule has 0 spiro atoms. The number of ether oxygens (including phenoxy) is 1. The minimum atomic E-state index is -0.759. The number of aliphatic carboxylic acids is 1. The van der Waals surface area contributed by atoms with Crippen molar-refractivity contribution in [1.82, 2.24) is 10.2 Å². The molecule has 0 atom stereocenters. The molecule has 1 fully saturated rings. The lowest BCUT2D eigenvalue weighted by atomic mass is 9.97. The van der Waals surface area contributed by atoms with Crippen LogP contribution >= 0.6 is 0 Å². The topological polar surface area (TPSA) is 78.9 Å². The first-order valence-corrected chi connectivity index (χ1v) is 6.94. The maximum absolute atomic E-state index is 11.9. The van der Waals surface area contributed by atoms with Crippen molar-refractivity contribution in [2.24, 2.45) is 5.92 Å². The van der Waals surface area contributed by atoms with Crippen LogP contribution in [0.5, 0.6) is 0 Å². The first-order chi connectivity index (χ1) is 9.50. The number of carbonyl (C=O) groups is 2. The van der Waals surface area contributed by atoms with Gasteiger partial charge in [0.25, 0.3) is 0 Å². The third-order valence-corrected chi connectivity index (χ3v) is 3.24. The van der Waals surface area contributed by atoms with Gasteiger partial charge in [0.15, 0.2) is 0 Å². The van der Waals surface area contributed by atoms with Gasteiger partial charge in [0.1, 0.15) is 0 Å². The minimum Gasteiger partial charge on any atom is -0.481 e. The molecular formula is C14H24N2O4. The number of carboxylic acids is 1. The van der Waals surface area contributed by atoms with Crippen molar-refractivity contribution >= 4 is 11.9 Å². The molecule has 0 aliphatic carbocycles. The Morgan fingerprint density at radius 1 is 1.40 bits per heavy atom. The normalized spacial score (nSPS) is 16.1. The quantitative estimate of drug-likeness (QED) is 0.501. The highest BCUT2D eigenvalue weighted by Crippen LogP contribution is 2.16. The van der Waals surface area contributed by atoms with Crippen LogP contribution in [0.2, 0.25) is 0 Å². The highest BCUT2D eigenvalue weighted by atomic mass is 16.5. The Morgan fingerprint density at radius 3 is 2.60 bits per heavy atom. The van der Waals surface area contributed by atoms with E-state index in [0.717, 1.165) is 5.57 Å². The van der Waals surface area contributed by atoms with Gasteiger partial charge in [-0.2, -0.15) is 0 Å². The van der Waals surface area contributed by atoms with Gasteiger partial charge in [-0.05, 0) is 19.8 Å². The van der Waals surface area contributed by atoms with E-state index >= 15 is 0 Å². The minimum absolute atomic E-state index is 0.0220. The van der Waals surface area contributed by atoms with E-state index in [2.05, 4.69) is 11.9 Å². The van der Waals surface area contributed by atoms with Gasteiger partial charge in [0.05, 0.1) is 25.7 Å². The molecule has 2 N–H and O–H groups in total. The van der Waals surface area contributed by atoms with E-state index in [1.54, 1.807) is 4.90 Å². The van der Waals surface area contributed by atoms with E-state index in [1.807, 2.05) is 6.92 Å². The molecule has 1 saturated heterocycles. The summed E-state index contributed by atoms with van der Waals surface area (Å²) in [7, 11) is 0. The van der Waals surface area contributed by atoms with Gasteiger partial charge in [-0.1, -0.05) is 12.2 Å². The molecule has 6 heteroatoms. The molecular weight excluding hydrogens is 260 g/mol. The predicted molar refractivity (Wildman–Crippen MR) is 75.4 cm³/mol. The van der Waals surface area contributed by atoms with Crippen LogP contribution in [0.1, 0.15) is 19.8 Å². The summed E-state index contributed by atoms with van der Waals surface area (Å²) in [5.74, 6) is -1.04. The molecule has 0 bridgehead atoms. The lowest BCUT2D eigenvalue weighted by molar-refractivity contribution is -0.145. The molecule has 1 amide bonds. The second-order valence-corrected chi connectivity index (χ2v) is 5.18. The first-order valence-electron chi connectivity index (χ1n) is 6.94. The molecule has 1 rings (SSSR count). The summed E-state index contributed by atoms with van der Waals surface area (Å²) in [5, 5.41) is 11.9. The molecule has 0 aromatic rings. The van der Waals surface area contributed by atoms with Crippen molar-refractivity contribution < 1.29 is 19.4 Å². The van der Waals surface area contributed by atoms with E-state index in [0.29, 0.717) is 45.7 Å². The summed E-state index contributed by atoms with van der Waals surface area (Å²) < 4.78 is 5.31. The van der Waals surface area contributed by atoms with E-state index in [-0.39, 0.29) is 18.4 Å². The fraction of sp³-hybridized carbons (Fsp3) is 0.714. The zero-order valence-electron chi connectivity index (χ0n) is 12.1. The maximum atomic E-state index is 11.9. The molecule has 0 aromatic carbocycles. The number of carbonyl (C=O) groups excluding carboxylic acids is 1. The molecule has 1 heterocycles. The van der Waals surface area contributed by atoms with E-state index in [9.17, 15) is 9.59 Å². The summed E-state index contributed by atoms with van der Waals surface area (Å²) in [5.41, 5.74) is 0.974. The Kier molecular flexibility index (Phi) is 7.25. The number of nitrogens with one attached hydrogen (secondary N) is 1. The van der Waals surface area contributed by atoms with E-state index in [1.165, 1.54) is 0 Å². The van der Waals surface area contributed by atoms with Crippen molar-refractivity contribution in [3.8, 4) is 0 Å². The highest BCUT2D eigenvalue weighted by molar-refractivity contribution is 5.78. The van der Waals surface area contributed by atoms with Crippen molar-refractivity contribution in [1.29, 1.82) is 0 Å². The van der Waals surface area contributed by atoms with Crippen LogP contribution in [0, 0.1) is 5.92 Å². The molecule has 1 aliphatic heterocycles.